The first-order chi connectivity index (χ1) is 34.0. The molecule has 1 atom stereocenters. The van der Waals surface area contributed by atoms with Gasteiger partial charge in [-0.05, 0) is 89.2 Å². The number of ether oxygens (including phenoxy) is 2. The van der Waals surface area contributed by atoms with Crippen LogP contribution in [-0.4, -0.2) is 37.1 Å². The molecule has 6 nitrogen and oxygen atoms in total. The summed E-state index contributed by atoms with van der Waals surface area (Å²) in [6.45, 7) is 6.81. The monoisotopic (exact) mass is 958 g/mol. The van der Waals surface area contributed by atoms with E-state index < -0.39 is 6.10 Å². The summed E-state index contributed by atoms with van der Waals surface area (Å²) in [6, 6.07) is 9.67. The molecule has 6 heteroatoms. The first kappa shape index (κ1) is 63.6. The second-order valence-corrected chi connectivity index (χ2v) is 19.8. The van der Waals surface area contributed by atoms with E-state index in [-0.39, 0.29) is 31.0 Å². The van der Waals surface area contributed by atoms with Gasteiger partial charge in [0.1, 0.15) is 6.61 Å². The van der Waals surface area contributed by atoms with Gasteiger partial charge in [-0.1, -0.05) is 248 Å². The van der Waals surface area contributed by atoms with Crippen LogP contribution in [0, 0.1) is 0 Å². The van der Waals surface area contributed by atoms with Crippen molar-refractivity contribution in [3.8, 4) is 0 Å². The van der Waals surface area contributed by atoms with Crippen LogP contribution in [0.1, 0.15) is 278 Å². The van der Waals surface area contributed by atoms with Crippen molar-refractivity contribution in [2.24, 2.45) is 0 Å². The van der Waals surface area contributed by atoms with Crippen LogP contribution in [0.2, 0.25) is 0 Å². The molecule has 0 aliphatic heterocycles. The van der Waals surface area contributed by atoms with Crippen molar-refractivity contribution < 1.29 is 23.9 Å². The molecule has 1 aromatic rings. The molecule has 0 aliphatic rings. The number of amides is 1. The molecule has 1 rings (SSSR count). The van der Waals surface area contributed by atoms with Crippen molar-refractivity contribution in [2.45, 2.75) is 284 Å². The zero-order valence-electron chi connectivity index (χ0n) is 45.3. The lowest BCUT2D eigenvalue weighted by molar-refractivity contribution is -0.158. The van der Waals surface area contributed by atoms with Gasteiger partial charge in [-0.25, -0.2) is 0 Å². The Labute approximate surface area is 426 Å². The number of nitrogens with zero attached hydrogens (tertiary/aromatic N) is 1. The minimum Gasteiger partial charge on any atom is -0.462 e. The number of hydrogen-bond acceptors (Lipinski definition) is 5. The molecule has 0 N–H and O–H groups in total. The van der Waals surface area contributed by atoms with Gasteiger partial charge in [0.05, 0.1) is 6.54 Å². The maximum atomic E-state index is 13.9. The topological polar surface area (TPSA) is 72.9 Å². The standard InChI is InChI=1S/C63H107NO5/c1-4-7-10-13-16-19-22-25-28-31-34-37-40-43-49-54-61(65)64(59-52-47-46-48-53-59)57-60(69-63(67)56-51-45-42-39-36-33-30-27-24-21-18-15-12-9-6-3)58-68-62(66)55-50-44-41-38-35-32-29-26-23-20-17-14-11-8-5-2/h8,11,17,20,26-27,29-30,46-48,52-53,60H,4-7,9-10,12-16,18-19,21-25,28,31-45,49-51,54-58H2,1-3H3/t60-/m1/s1. The lowest BCUT2D eigenvalue weighted by Gasteiger charge is -2.28. The van der Waals surface area contributed by atoms with Gasteiger partial charge in [-0.3, -0.25) is 14.4 Å². The van der Waals surface area contributed by atoms with Crippen LogP contribution in [0.15, 0.2) is 78.9 Å². The smallest absolute Gasteiger partial charge is 0.306 e. The van der Waals surface area contributed by atoms with E-state index in [1.807, 2.05) is 30.3 Å². The second-order valence-electron chi connectivity index (χ2n) is 19.8. The Morgan fingerprint density at radius 1 is 0.435 bits per heavy atom. The van der Waals surface area contributed by atoms with E-state index in [2.05, 4.69) is 69.4 Å². The highest BCUT2D eigenvalue weighted by molar-refractivity contribution is 5.93. The molecule has 0 saturated heterocycles. The first-order valence-corrected chi connectivity index (χ1v) is 29.3. The van der Waals surface area contributed by atoms with E-state index in [0.29, 0.717) is 19.3 Å². The highest BCUT2D eigenvalue weighted by atomic mass is 16.6. The largest absolute Gasteiger partial charge is 0.462 e. The van der Waals surface area contributed by atoms with Crippen LogP contribution in [0.5, 0.6) is 0 Å². The van der Waals surface area contributed by atoms with Gasteiger partial charge in [0.2, 0.25) is 5.91 Å². The fourth-order valence-electron chi connectivity index (χ4n) is 8.80. The molecular formula is C63H107NO5. The molecule has 0 unspecified atom stereocenters. The van der Waals surface area contributed by atoms with E-state index in [4.69, 9.17) is 9.47 Å². The third-order valence-corrected chi connectivity index (χ3v) is 13.2. The third-order valence-electron chi connectivity index (χ3n) is 13.2. The second kappa shape index (κ2) is 51.0. The van der Waals surface area contributed by atoms with Crippen LogP contribution < -0.4 is 4.90 Å². The van der Waals surface area contributed by atoms with Gasteiger partial charge in [-0.2, -0.15) is 0 Å². The Kier molecular flexibility index (Phi) is 47.0. The summed E-state index contributed by atoms with van der Waals surface area (Å²) in [4.78, 5) is 41.9. The highest BCUT2D eigenvalue weighted by Crippen LogP contribution is 2.20. The number of carbonyl (C=O) groups excluding carboxylic acids is 3. The molecule has 394 valence electrons. The van der Waals surface area contributed by atoms with E-state index in [1.165, 1.54) is 128 Å². The van der Waals surface area contributed by atoms with Crippen LogP contribution in [0.4, 0.5) is 5.69 Å². The van der Waals surface area contributed by atoms with Crippen molar-refractivity contribution >= 4 is 23.5 Å². The average Bonchev–Trinajstić information content (AvgIpc) is 3.36. The van der Waals surface area contributed by atoms with Crippen LogP contribution in [0.3, 0.4) is 0 Å². The highest BCUT2D eigenvalue weighted by Gasteiger charge is 2.25. The lowest BCUT2D eigenvalue weighted by atomic mass is 10.0. The molecular weight excluding hydrogens is 851 g/mol. The number of esters is 2. The van der Waals surface area contributed by atoms with E-state index in [0.717, 1.165) is 115 Å². The quantitative estimate of drug-likeness (QED) is 0.0370. The summed E-state index contributed by atoms with van der Waals surface area (Å²) in [6.07, 6.45) is 62.5. The number of para-hydroxylation sites is 1. The number of allylic oxidation sites excluding steroid dienone is 8. The fraction of sp³-hybridized carbons (Fsp3) is 0.730. The number of hydrogen-bond donors (Lipinski definition) is 0. The van der Waals surface area contributed by atoms with Crippen LogP contribution >= 0.6 is 0 Å². The molecule has 0 aromatic heterocycles. The SMILES string of the molecule is CCC=CCC=CCC=CCCCCCCCC(=O)OC[C@@H](CN(C(=O)CCCCCCCCCCCCCCCCC)c1ccccc1)OC(=O)CCCCCCCC=CCCCCCCCC. The summed E-state index contributed by atoms with van der Waals surface area (Å²) in [5, 5.41) is 0. The Morgan fingerprint density at radius 3 is 1.28 bits per heavy atom. The number of carbonyl (C=O) groups is 3. The van der Waals surface area contributed by atoms with Gasteiger partial charge in [0, 0.05) is 24.9 Å². The van der Waals surface area contributed by atoms with E-state index in [1.54, 1.807) is 4.90 Å². The van der Waals surface area contributed by atoms with Gasteiger partial charge in [-0.15, -0.1) is 0 Å². The predicted octanol–water partition coefficient (Wildman–Crippen LogP) is 19.4. The normalized spacial score (nSPS) is 12.3. The maximum Gasteiger partial charge on any atom is 0.306 e. The first-order valence-electron chi connectivity index (χ1n) is 29.3. The summed E-state index contributed by atoms with van der Waals surface area (Å²) in [7, 11) is 0. The predicted molar refractivity (Wildman–Crippen MR) is 298 cm³/mol. The van der Waals surface area contributed by atoms with Crippen molar-refractivity contribution in [2.75, 3.05) is 18.1 Å². The van der Waals surface area contributed by atoms with Crippen molar-refractivity contribution in [3.05, 3.63) is 78.9 Å². The van der Waals surface area contributed by atoms with Gasteiger partial charge < -0.3 is 14.4 Å². The zero-order valence-corrected chi connectivity index (χ0v) is 45.3. The molecule has 1 amide bonds. The van der Waals surface area contributed by atoms with E-state index in [9.17, 15) is 14.4 Å². The molecule has 0 bridgehead atoms. The summed E-state index contributed by atoms with van der Waals surface area (Å²) < 4.78 is 11.8. The minimum absolute atomic E-state index is 0.0170. The molecule has 0 fully saturated rings. The zero-order chi connectivity index (χ0) is 49.8. The summed E-state index contributed by atoms with van der Waals surface area (Å²) in [5.74, 6) is -0.545. The van der Waals surface area contributed by atoms with Gasteiger partial charge >= 0.3 is 11.9 Å². The Hall–Kier alpha value is -3.41. The molecule has 0 saturated carbocycles. The average molecular weight is 959 g/mol. The number of benzene rings is 1. The van der Waals surface area contributed by atoms with Gasteiger partial charge in [0.15, 0.2) is 6.10 Å². The summed E-state index contributed by atoms with van der Waals surface area (Å²) >= 11 is 0. The molecule has 0 radical (unpaired) electrons. The number of unbranched alkanes of at least 4 members (excludes halogenated alkanes) is 30. The Morgan fingerprint density at radius 2 is 0.812 bits per heavy atom. The summed E-state index contributed by atoms with van der Waals surface area (Å²) in [5.41, 5.74) is 0.774. The third kappa shape index (κ3) is 43.1. The van der Waals surface area contributed by atoms with Crippen molar-refractivity contribution in [1.82, 2.24) is 0 Å². The molecule has 69 heavy (non-hydrogen) atoms. The molecule has 0 aliphatic carbocycles. The van der Waals surface area contributed by atoms with E-state index >= 15 is 0 Å². The maximum absolute atomic E-state index is 13.9. The van der Waals surface area contributed by atoms with Gasteiger partial charge in [0.25, 0.3) is 0 Å². The molecule has 0 spiro atoms. The van der Waals surface area contributed by atoms with Crippen LogP contribution in [0.25, 0.3) is 0 Å². The fourth-order valence-corrected chi connectivity index (χ4v) is 8.80. The molecule has 0 heterocycles. The van der Waals surface area contributed by atoms with Crippen LogP contribution in [-0.2, 0) is 23.9 Å². The van der Waals surface area contributed by atoms with Crippen molar-refractivity contribution in [3.63, 3.8) is 0 Å². The van der Waals surface area contributed by atoms with Crippen molar-refractivity contribution in [1.29, 1.82) is 0 Å². The number of rotatable bonds is 50. The minimum atomic E-state index is -0.740. The Balaban J connectivity index is 2.60. The Bertz CT molecular complexity index is 1420. The lowest BCUT2D eigenvalue weighted by Crippen LogP contribution is -2.41. The molecule has 1 aromatic carbocycles. The number of anilines is 1.